The summed E-state index contributed by atoms with van der Waals surface area (Å²) < 4.78 is 117. The lowest BCUT2D eigenvalue weighted by molar-refractivity contribution is -0.0425. The Morgan fingerprint density at radius 3 is 1.37 bits per heavy atom. The summed E-state index contributed by atoms with van der Waals surface area (Å²) in [4.78, 5) is 0. The fourth-order valence-electron chi connectivity index (χ4n) is 9.44. The van der Waals surface area contributed by atoms with Crippen LogP contribution < -0.4 is 9.05 Å². The van der Waals surface area contributed by atoms with Crippen LogP contribution in [0.2, 0.25) is 0 Å². The van der Waals surface area contributed by atoms with Crippen molar-refractivity contribution in [2.24, 2.45) is 16.7 Å². The van der Waals surface area contributed by atoms with Crippen molar-refractivity contribution in [1.82, 2.24) is 0 Å². The number of rotatable bonds is 4. The zero-order valence-corrected chi connectivity index (χ0v) is 48.4. The van der Waals surface area contributed by atoms with E-state index < -0.39 is 54.8 Å². The number of hydrogen-bond acceptors (Lipinski definition) is 10. The molecule has 0 bridgehead atoms. The first-order chi connectivity index (χ1) is 38.0. The van der Waals surface area contributed by atoms with Crippen LogP contribution >= 0.6 is 43.1 Å². The van der Waals surface area contributed by atoms with Crippen molar-refractivity contribution in [2.45, 2.75) is 59.4 Å². The third kappa shape index (κ3) is 14.2. The van der Waals surface area contributed by atoms with E-state index in [1.165, 1.54) is 0 Å². The lowest BCUT2D eigenvalue weighted by Crippen LogP contribution is -2.41. The first-order valence-corrected chi connectivity index (χ1v) is 30.6. The van der Waals surface area contributed by atoms with Gasteiger partial charge in [0.15, 0.2) is 17.1 Å². The monoisotopic (exact) mass is 1180 g/mol. The van der Waals surface area contributed by atoms with Crippen molar-refractivity contribution in [3.63, 3.8) is 0 Å². The lowest BCUT2D eigenvalue weighted by Gasteiger charge is -2.40. The Morgan fingerprint density at radius 2 is 0.899 bits per heavy atom. The third-order valence-corrected chi connectivity index (χ3v) is 16.6. The van der Waals surface area contributed by atoms with Crippen LogP contribution in [-0.4, -0.2) is 25.9 Å². The van der Waals surface area contributed by atoms with Crippen LogP contribution in [0.25, 0.3) is 43.5 Å². The Morgan fingerprint density at radius 1 is 0.456 bits per heavy atom. The van der Waals surface area contributed by atoms with Crippen molar-refractivity contribution in [2.75, 3.05) is 19.8 Å². The summed E-state index contributed by atoms with van der Waals surface area (Å²) in [7, 11) is -11.3. The fraction of sp³-hybridized carbons (Fsp3) is 0.254. The molecule has 414 valence electrons. The highest BCUT2D eigenvalue weighted by Crippen LogP contribution is 2.66. The molecular formula is C59H58F5O10P5. The summed E-state index contributed by atoms with van der Waals surface area (Å²) in [6.45, 7) is 13.5. The summed E-state index contributed by atoms with van der Waals surface area (Å²) in [6, 6.07) is 59.7. The van der Waals surface area contributed by atoms with E-state index in [4.69, 9.17) is 26.5 Å². The summed E-state index contributed by atoms with van der Waals surface area (Å²) in [5.41, 5.74) is 2.64. The Balaban J connectivity index is 0.000000128. The number of para-hydroxylation sites is 2. The first kappa shape index (κ1) is 58.6. The number of benzene rings is 8. The maximum Gasteiger partial charge on any atom is 0.506 e. The second kappa shape index (κ2) is 26.2. The predicted octanol–water partition coefficient (Wildman–Crippen LogP) is 21.4. The Kier molecular flexibility index (Phi) is 19.4. The molecule has 0 saturated carbocycles. The molecule has 4 aliphatic heterocycles. The topological polar surface area (TPSA) is 100 Å². The van der Waals surface area contributed by atoms with Gasteiger partial charge in [-0.15, -0.1) is 8.39 Å². The van der Waals surface area contributed by atoms with E-state index in [0.717, 1.165) is 49.0 Å². The summed E-state index contributed by atoms with van der Waals surface area (Å²) in [6.07, 6.45) is -0.568. The summed E-state index contributed by atoms with van der Waals surface area (Å²) in [5.74, 6) is 1.33. The van der Waals surface area contributed by atoms with Gasteiger partial charge >= 0.3 is 43.1 Å². The highest BCUT2D eigenvalue weighted by molar-refractivity contribution is 7.42. The average Bonchev–Trinajstić information content (AvgIpc) is 4.11. The van der Waals surface area contributed by atoms with Gasteiger partial charge in [-0.05, 0) is 68.4 Å². The van der Waals surface area contributed by atoms with Crippen molar-refractivity contribution < 1.29 is 65.6 Å². The molecule has 0 N–H and O–H groups in total. The summed E-state index contributed by atoms with van der Waals surface area (Å²) >= 11 is 0. The molecule has 0 spiro atoms. The molecule has 0 radical (unpaired) electrons. The van der Waals surface area contributed by atoms with Crippen LogP contribution in [0, 0.1) is 16.7 Å². The molecule has 0 aliphatic carbocycles. The molecule has 3 saturated heterocycles. The second-order valence-electron chi connectivity index (χ2n) is 20.4. The van der Waals surface area contributed by atoms with Gasteiger partial charge in [-0.1, -0.05) is 205 Å². The standard InChI is InChI=1S/C20H12FO2P.C20H16FO2P.C8H16FO2P.C6H4FO2P.C5H10FO2P/c21-24-22-17-11-9-13-5-1-3-7-15(13)19(17)20-16-8-4-2-6-14(16)10-12-18(20)23-24;21-24-22-19(16-10-4-1-5-11-16)20(23-24,17-12-6-2-7-13-17)18-14-8-3-9-15-18;1-6(2)7-8(3,4)5-10-12(9)11-7;7-10-8-5-3-1-2-4-6(5)9-10;1-5(2)3-7-9(6)8-4-5/h1-12H;1-15,19H;6-7H,5H2,1-4H3;1-4H;3-4H2,1-2H3. The molecule has 10 nitrogen and oxygen atoms in total. The molecule has 3 fully saturated rings. The number of fused-ring (bicyclic) bond motifs is 8. The third-order valence-electron chi connectivity index (χ3n) is 13.1. The van der Waals surface area contributed by atoms with E-state index in [2.05, 4.69) is 18.1 Å². The molecule has 13 rings (SSSR count). The zero-order valence-electron chi connectivity index (χ0n) is 44.0. The number of halogens is 5. The lowest BCUT2D eigenvalue weighted by atomic mass is 9.79. The minimum absolute atomic E-state index is 0.00900. The highest BCUT2D eigenvalue weighted by Gasteiger charge is 2.54. The van der Waals surface area contributed by atoms with E-state index in [9.17, 15) is 21.0 Å². The van der Waals surface area contributed by atoms with Crippen LogP contribution in [0.1, 0.15) is 64.3 Å². The van der Waals surface area contributed by atoms with Gasteiger partial charge in [-0.25, -0.2) is 0 Å². The Hall–Kier alpha value is -5.09. The molecule has 20 heteroatoms. The molecule has 4 atom stereocenters. The Labute approximate surface area is 462 Å². The van der Waals surface area contributed by atoms with E-state index in [0.29, 0.717) is 48.4 Å². The van der Waals surface area contributed by atoms with Crippen LogP contribution in [0.15, 0.2) is 196 Å². The quantitative estimate of drug-likeness (QED) is 0.125. The van der Waals surface area contributed by atoms with Crippen molar-refractivity contribution in [3.05, 3.63) is 205 Å². The molecule has 9 aromatic rings. The van der Waals surface area contributed by atoms with E-state index >= 15 is 0 Å². The molecule has 4 unspecified atom stereocenters. The van der Waals surface area contributed by atoms with Gasteiger partial charge in [0.05, 0.1) is 25.9 Å². The largest absolute Gasteiger partial charge is 0.506 e. The molecule has 79 heavy (non-hydrogen) atoms. The minimum atomic E-state index is -2.50. The SMILES string of the molecule is CC(C)C1OP(F)OCC1(C)C.CC1(C)COP(F)OC1.FP1OC(c2ccccc2)C(c2ccccc2)(c2ccccc2)O1.FP1Oc2ccccc2O1.Fp1oc2ccc3ccccc3c2c2c(ccc3ccccc32)o1. The Bertz CT molecular complexity index is 3310. The highest BCUT2D eigenvalue weighted by atomic mass is 31.2. The molecule has 5 heterocycles. The molecular weight excluding hydrogens is 1120 g/mol. The smallest absolute Gasteiger partial charge is 0.411 e. The average molecular weight is 1180 g/mol. The first-order valence-electron chi connectivity index (χ1n) is 25.2. The van der Waals surface area contributed by atoms with Crippen molar-refractivity contribution in [3.8, 4) is 11.5 Å². The number of hydrogen-bond donors (Lipinski definition) is 0. The van der Waals surface area contributed by atoms with Crippen LogP contribution in [0.4, 0.5) is 21.0 Å². The summed E-state index contributed by atoms with van der Waals surface area (Å²) in [5, 5.41) is 6.01. The predicted molar refractivity (Wildman–Crippen MR) is 308 cm³/mol. The van der Waals surface area contributed by atoms with Gasteiger partial charge in [-0.3, -0.25) is 9.05 Å². The molecule has 0 amide bonds. The van der Waals surface area contributed by atoms with Gasteiger partial charge in [0, 0.05) is 21.6 Å². The van der Waals surface area contributed by atoms with Gasteiger partial charge in [-0.2, -0.15) is 12.6 Å². The van der Waals surface area contributed by atoms with Crippen molar-refractivity contribution >= 4 is 86.6 Å². The molecule has 4 aliphatic rings. The molecule has 1 aromatic heterocycles. The van der Waals surface area contributed by atoms with E-state index in [1.54, 1.807) is 24.3 Å². The maximum atomic E-state index is 14.3. The minimum Gasteiger partial charge on any atom is -0.411 e. The van der Waals surface area contributed by atoms with E-state index in [1.807, 2.05) is 205 Å². The van der Waals surface area contributed by atoms with Gasteiger partial charge in [0.1, 0.15) is 17.3 Å². The van der Waals surface area contributed by atoms with Crippen LogP contribution in [0.3, 0.4) is 0 Å². The maximum absolute atomic E-state index is 14.3. The van der Waals surface area contributed by atoms with Gasteiger partial charge < -0.3 is 35.5 Å². The van der Waals surface area contributed by atoms with Gasteiger partial charge in [0.2, 0.25) is 0 Å². The molecule has 8 aromatic carbocycles. The van der Waals surface area contributed by atoms with Crippen LogP contribution in [-0.2, 0) is 32.7 Å². The van der Waals surface area contributed by atoms with E-state index in [-0.39, 0.29) is 16.9 Å². The van der Waals surface area contributed by atoms with Crippen LogP contribution in [0.5, 0.6) is 11.5 Å². The zero-order chi connectivity index (χ0) is 55.7. The normalized spacial score (nSPS) is 20.9. The van der Waals surface area contributed by atoms with Crippen molar-refractivity contribution in [1.29, 1.82) is 0 Å². The fourth-order valence-corrected chi connectivity index (χ4v) is 13.9. The van der Waals surface area contributed by atoms with Gasteiger partial charge in [0.25, 0.3) is 0 Å². The second-order valence-corrected chi connectivity index (χ2v) is 24.6.